The molecular weight excluding hydrogens is 862 g/mol. The van der Waals surface area contributed by atoms with E-state index in [1.54, 1.807) is 0 Å². The van der Waals surface area contributed by atoms with E-state index in [4.69, 9.17) is 53.1 Å². The maximum Gasteiger partial charge on any atom is 0.187 e. The van der Waals surface area contributed by atoms with Crippen LogP contribution in [0, 0.1) is 0 Å². The van der Waals surface area contributed by atoms with Crippen LogP contribution in [0.2, 0.25) is 0 Å². The van der Waals surface area contributed by atoms with E-state index < -0.39 is 187 Å². The molecule has 0 aliphatic carbocycles. The lowest BCUT2D eigenvalue weighted by Gasteiger charge is -2.49. The summed E-state index contributed by atoms with van der Waals surface area (Å²) in [6.07, 6.45) is -41.5. The van der Waals surface area contributed by atoms with Gasteiger partial charge in [-0.05, 0) is 19.4 Å². The Morgan fingerprint density at radius 3 is 0.937 bits per heavy atom. The molecule has 0 bridgehead atoms. The van der Waals surface area contributed by atoms with Crippen molar-refractivity contribution in [3.8, 4) is 0 Å². The van der Waals surface area contributed by atoms with Gasteiger partial charge in [-0.3, -0.25) is 0 Å². The topological polar surface area (TPSA) is 442 Å². The molecule has 63 heavy (non-hydrogen) atoms. The zero-order chi connectivity index (χ0) is 46.3. The Bertz CT molecular complexity index is 1320. The Hall–Kier alpha value is -1.08. The van der Waals surface area contributed by atoms with Gasteiger partial charge in [0.2, 0.25) is 0 Å². The minimum absolute atomic E-state index is 0.158. The molecule has 5 aliphatic heterocycles. The van der Waals surface area contributed by atoms with Crippen molar-refractivity contribution in [2.75, 3.05) is 46.2 Å². The zero-order valence-corrected chi connectivity index (χ0v) is 34.0. The third-order valence-electron chi connectivity index (χ3n) is 11.7. The number of aliphatic hydroxyl groups excluding tert-OH is 16. The van der Waals surface area contributed by atoms with E-state index in [1.807, 2.05) is 0 Å². The summed E-state index contributed by atoms with van der Waals surface area (Å²) in [6, 6.07) is 0. The van der Waals surface area contributed by atoms with Crippen molar-refractivity contribution in [2.45, 2.75) is 179 Å². The van der Waals surface area contributed by atoms with Gasteiger partial charge in [0.1, 0.15) is 122 Å². The molecule has 0 radical (unpaired) electrons. The third-order valence-corrected chi connectivity index (χ3v) is 11.7. The fourth-order valence-electron chi connectivity index (χ4n) is 7.96. The van der Waals surface area contributed by atoms with Crippen molar-refractivity contribution in [2.24, 2.45) is 5.73 Å². The molecule has 27 nitrogen and oxygen atoms in total. The highest BCUT2D eigenvalue weighted by Gasteiger charge is 2.56. The third kappa shape index (κ3) is 12.0. The van der Waals surface area contributed by atoms with Crippen LogP contribution in [0.3, 0.4) is 0 Å². The van der Waals surface area contributed by atoms with Crippen molar-refractivity contribution in [1.82, 2.24) is 0 Å². The second-order valence-corrected chi connectivity index (χ2v) is 16.0. The largest absolute Gasteiger partial charge is 0.394 e. The standard InChI is InChI=1S/C36H65NO26/c37-5-3-1-2-4-6-54-32-24(50)19(45)28(13(8-39)56-32)61-34-26(52)21(47)30(15(10-41)58-34)63-36-27(53)22(48)31(16(11-42)59-36)62-35-25(51)20(46)29(14(9-40)57-35)60-33-23(49)18(44)17(43)12(7-38)55-33/h12-36,38-53H,1-11,37H2/t12?,13?,14?,15?,16?,17-,18-,19+,20+,21+,22+,23?,24?,25?,26?,27?,28+,29+,30-,31+,32+,33+,34+,35-,36+/m0/s1. The van der Waals surface area contributed by atoms with Crippen LogP contribution < -0.4 is 5.73 Å². The van der Waals surface area contributed by atoms with E-state index in [-0.39, 0.29) is 6.61 Å². The molecule has 0 amide bonds. The fourth-order valence-corrected chi connectivity index (χ4v) is 7.96. The predicted octanol–water partition coefficient (Wildman–Crippen LogP) is -10.4. The van der Waals surface area contributed by atoms with Crippen LogP contribution in [0.25, 0.3) is 0 Å². The van der Waals surface area contributed by atoms with Crippen LogP contribution in [0.5, 0.6) is 0 Å². The average molecular weight is 928 g/mol. The van der Waals surface area contributed by atoms with E-state index in [1.165, 1.54) is 0 Å². The first kappa shape index (κ1) is 52.9. The first-order valence-corrected chi connectivity index (χ1v) is 20.8. The van der Waals surface area contributed by atoms with E-state index in [2.05, 4.69) is 0 Å². The number of unbranched alkanes of at least 4 members (excludes halogenated alkanes) is 3. The summed E-state index contributed by atoms with van der Waals surface area (Å²) in [5, 5.41) is 169. The Morgan fingerprint density at radius 2 is 0.603 bits per heavy atom. The van der Waals surface area contributed by atoms with Crippen LogP contribution in [-0.4, -0.2) is 281 Å². The smallest absolute Gasteiger partial charge is 0.187 e. The lowest BCUT2D eigenvalue weighted by atomic mass is 9.95. The van der Waals surface area contributed by atoms with Gasteiger partial charge in [-0.1, -0.05) is 12.8 Å². The van der Waals surface area contributed by atoms with Crippen molar-refractivity contribution < 1.29 is 129 Å². The van der Waals surface area contributed by atoms with Crippen LogP contribution in [0.1, 0.15) is 25.7 Å². The van der Waals surface area contributed by atoms with Gasteiger partial charge >= 0.3 is 0 Å². The Morgan fingerprint density at radius 1 is 0.317 bits per heavy atom. The Kier molecular flexibility index (Phi) is 20.4. The molecule has 5 rings (SSSR count). The fraction of sp³-hybridized carbons (Fsp3) is 1.00. The minimum atomic E-state index is -2.11. The number of nitrogens with two attached hydrogens (primary N) is 1. The van der Waals surface area contributed by atoms with Gasteiger partial charge in [-0.15, -0.1) is 0 Å². The Labute approximate surface area is 360 Å². The molecule has 5 aliphatic rings. The van der Waals surface area contributed by atoms with Gasteiger partial charge < -0.3 is 135 Å². The molecule has 0 aromatic carbocycles. The lowest BCUT2D eigenvalue weighted by molar-refractivity contribution is -0.393. The molecule has 5 heterocycles. The molecular formula is C36H65NO26. The molecule has 27 heteroatoms. The summed E-state index contributed by atoms with van der Waals surface area (Å²) in [6.45, 7) is -3.70. The molecule has 370 valence electrons. The molecule has 0 spiro atoms. The highest BCUT2D eigenvalue weighted by Crippen LogP contribution is 2.35. The SMILES string of the molecule is NCCCCCCO[C@@H]1OC(CO)[C@@H](O[C@H]2OC(CO)[C@H](O[C@H]3OC(CO)[C@@H](O[C@@H]4OC(CO)[C@@H](O[C@H]5OC(CO)[C@H](O)[C@H](O)C5O)[C@H](O)C4O)[C@H](O)C3O)[C@H](O)C2O)[C@H](O)C1O. The maximum atomic E-state index is 11.2. The quantitative estimate of drug-likeness (QED) is 0.0504. The lowest BCUT2D eigenvalue weighted by Crippen LogP contribution is -2.68. The van der Waals surface area contributed by atoms with Crippen LogP contribution >= 0.6 is 0 Å². The monoisotopic (exact) mass is 927 g/mol. The average Bonchev–Trinajstić information content (AvgIpc) is 3.28. The first-order chi connectivity index (χ1) is 30.1. The normalized spacial score (nSPS) is 48.6. The minimum Gasteiger partial charge on any atom is -0.394 e. The van der Waals surface area contributed by atoms with E-state index in [9.17, 15) is 81.7 Å². The van der Waals surface area contributed by atoms with E-state index >= 15 is 0 Å². The summed E-state index contributed by atoms with van der Waals surface area (Å²) in [5.41, 5.74) is 5.49. The van der Waals surface area contributed by atoms with E-state index in [0.29, 0.717) is 13.0 Å². The van der Waals surface area contributed by atoms with Gasteiger partial charge in [-0.2, -0.15) is 0 Å². The van der Waals surface area contributed by atoms with E-state index in [0.717, 1.165) is 19.3 Å². The number of rotatable bonds is 20. The van der Waals surface area contributed by atoms with Crippen molar-refractivity contribution >= 4 is 0 Å². The van der Waals surface area contributed by atoms with Gasteiger partial charge in [0, 0.05) is 6.61 Å². The highest BCUT2D eigenvalue weighted by molar-refractivity contribution is 4.99. The summed E-state index contributed by atoms with van der Waals surface area (Å²) in [5.74, 6) is 0. The predicted molar refractivity (Wildman–Crippen MR) is 198 cm³/mol. The number of hydrogen-bond acceptors (Lipinski definition) is 27. The number of ether oxygens (including phenoxy) is 10. The molecule has 0 aromatic heterocycles. The molecule has 18 N–H and O–H groups in total. The first-order valence-electron chi connectivity index (χ1n) is 20.8. The molecule has 0 aromatic rings. The van der Waals surface area contributed by atoms with Gasteiger partial charge in [-0.25, -0.2) is 0 Å². The highest BCUT2D eigenvalue weighted by atomic mass is 16.8. The van der Waals surface area contributed by atoms with Crippen molar-refractivity contribution in [1.29, 1.82) is 0 Å². The van der Waals surface area contributed by atoms with Crippen LogP contribution in [-0.2, 0) is 47.4 Å². The second-order valence-electron chi connectivity index (χ2n) is 16.0. The number of hydrogen-bond donors (Lipinski definition) is 17. The maximum absolute atomic E-state index is 11.2. The second kappa shape index (κ2) is 24.3. The van der Waals surface area contributed by atoms with Crippen molar-refractivity contribution in [3.63, 3.8) is 0 Å². The summed E-state index contributed by atoms with van der Waals surface area (Å²) in [4.78, 5) is 0. The summed E-state index contributed by atoms with van der Waals surface area (Å²) < 4.78 is 55.9. The molecule has 10 unspecified atom stereocenters. The van der Waals surface area contributed by atoms with Gasteiger partial charge in [0.15, 0.2) is 31.5 Å². The molecule has 0 saturated carbocycles. The molecule has 25 atom stereocenters. The zero-order valence-electron chi connectivity index (χ0n) is 34.0. The number of aliphatic hydroxyl groups is 16. The van der Waals surface area contributed by atoms with Gasteiger partial charge in [0.05, 0.1) is 33.0 Å². The van der Waals surface area contributed by atoms with Gasteiger partial charge in [0.25, 0.3) is 0 Å². The van der Waals surface area contributed by atoms with Crippen molar-refractivity contribution in [3.05, 3.63) is 0 Å². The summed E-state index contributed by atoms with van der Waals surface area (Å²) in [7, 11) is 0. The Balaban J connectivity index is 1.19. The van der Waals surface area contributed by atoms with Crippen LogP contribution in [0.4, 0.5) is 0 Å². The van der Waals surface area contributed by atoms with Crippen LogP contribution in [0.15, 0.2) is 0 Å². The summed E-state index contributed by atoms with van der Waals surface area (Å²) >= 11 is 0. The molecule has 5 saturated heterocycles. The molecule has 5 fully saturated rings.